The predicted molar refractivity (Wildman–Crippen MR) is 126 cm³/mol. The Balaban J connectivity index is 1.69. The molecule has 32 heavy (non-hydrogen) atoms. The molecule has 0 radical (unpaired) electrons. The van der Waals surface area contributed by atoms with Gasteiger partial charge in [-0.25, -0.2) is 0 Å². The third kappa shape index (κ3) is 5.52. The van der Waals surface area contributed by atoms with Crippen LogP contribution in [-0.4, -0.2) is 18.5 Å². The Kier molecular flexibility index (Phi) is 7.13. The summed E-state index contributed by atoms with van der Waals surface area (Å²) in [5.41, 5.74) is 4.14. The largest absolute Gasteiger partial charge is 0.477 e. The van der Waals surface area contributed by atoms with Gasteiger partial charge in [0.1, 0.15) is 0 Å². The second-order valence-electron chi connectivity index (χ2n) is 7.80. The summed E-state index contributed by atoms with van der Waals surface area (Å²) < 4.78 is 11.6. The molecular weight excluding hydrogens is 398 g/mol. The topological polar surface area (TPSA) is 47.9 Å². The van der Waals surface area contributed by atoms with E-state index in [-0.39, 0.29) is 11.9 Å². The SMILES string of the molecule is CCO/C(=N/C1=C(Cc2ccccc2)CC(Cc2ccccc2)C(=O)O1)c1ccccc1. The van der Waals surface area contributed by atoms with E-state index in [0.29, 0.717) is 37.7 Å². The van der Waals surface area contributed by atoms with Gasteiger partial charge in [-0.15, -0.1) is 0 Å². The van der Waals surface area contributed by atoms with Crippen LogP contribution in [0.3, 0.4) is 0 Å². The van der Waals surface area contributed by atoms with E-state index in [1.165, 1.54) is 0 Å². The van der Waals surface area contributed by atoms with Crippen LogP contribution in [0.2, 0.25) is 0 Å². The average Bonchev–Trinajstić information content (AvgIpc) is 2.83. The Hall–Kier alpha value is -3.66. The highest BCUT2D eigenvalue weighted by atomic mass is 16.6. The van der Waals surface area contributed by atoms with Crippen molar-refractivity contribution in [2.45, 2.75) is 26.2 Å². The van der Waals surface area contributed by atoms with Crippen molar-refractivity contribution in [2.24, 2.45) is 10.9 Å². The van der Waals surface area contributed by atoms with E-state index >= 15 is 0 Å². The number of hydrogen-bond donors (Lipinski definition) is 0. The van der Waals surface area contributed by atoms with Crippen LogP contribution in [0.1, 0.15) is 30.0 Å². The third-order valence-corrected chi connectivity index (χ3v) is 5.42. The number of nitrogens with zero attached hydrogens (tertiary/aromatic N) is 1. The number of ether oxygens (including phenoxy) is 2. The van der Waals surface area contributed by atoms with Crippen LogP contribution in [-0.2, 0) is 27.1 Å². The van der Waals surface area contributed by atoms with Crippen molar-refractivity contribution in [2.75, 3.05) is 6.61 Å². The van der Waals surface area contributed by atoms with E-state index in [0.717, 1.165) is 22.3 Å². The van der Waals surface area contributed by atoms with E-state index in [1.807, 2.05) is 85.8 Å². The second kappa shape index (κ2) is 10.6. The van der Waals surface area contributed by atoms with E-state index < -0.39 is 0 Å². The second-order valence-corrected chi connectivity index (χ2v) is 7.80. The summed E-state index contributed by atoms with van der Waals surface area (Å²) in [6.45, 7) is 2.39. The molecule has 1 atom stereocenters. The minimum atomic E-state index is -0.242. The smallest absolute Gasteiger partial charge is 0.316 e. The number of benzene rings is 3. The summed E-state index contributed by atoms with van der Waals surface area (Å²) in [6.07, 6.45) is 1.92. The lowest BCUT2D eigenvalue weighted by molar-refractivity contribution is -0.145. The maximum atomic E-state index is 12.9. The molecule has 3 aromatic carbocycles. The zero-order valence-corrected chi connectivity index (χ0v) is 18.2. The summed E-state index contributed by atoms with van der Waals surface area (Å²) in [5.74, 6) is 0.342. The van der Waals surface area contributed by atoms with Crippen LogP contribution in [0.15, 0.2) is 107 Å². The third-order valence-electron chi connectivity index (χ3n) is 5.42. The molecule has 0 amide bonds. The Morgan fingerprint density at radius 1 is 0.906 bits per heavy atom. The molecule has 0 saturated carbocycles. The van der Waals surface area contributed by atoms with E-state index in [9.17, 15) is 4.79 Å². The minimum absolute atomic E-state index is 0.234. The molecule has 0 aliphatic carbocycles. The van der Waals surface area contributed by atoms with Gasteiger partial charge < -0.3 is 9.47 Å². The monoisotopic (exact) mass is 425 g/mol. The normalized spacial score (nSPS) is 16.6. The molecule has 3 aromatic rings. The zero-order valence-electron chi connectivity index (χ0n) is 18.2. The molecule has 4 heteroatoms. The quantitative estimate of drug-likeness (QED) is 0.276. The number of allylic oxidation sites excluding steroid dienone is 1. The van der Waals surface area contributed by atoms with Gasteiger partial charge in [0.2, 0.25) is 11.8 Å². The Bertz CT molecular complexity index is 1090. The highest BCUT2D eigenvalue weighted by Gasteiger charge is 2.31. The summed E-state index contributed by atoms with van der Waals surface area (Å²) in [4.78, 5) is 17.6. The first-order valence-electron chi connectivity index (χ1n) is 11.0. The van der Waals surface area contributed by atoms with Crippen LogP contribution in [0.5, 0.6) is 0 Å². The number of carbonyl (C=O) groups is 1. The standard InChI is InChI=1S/C28H27NO3/c1-2-31-26(23-16-10-5-11-17-23)29-27-24(18-21-12-6-3-7-13-21)20-25(28(30)32-27)19-22-14-8-4-9-15-22/h3-17,25H,2,18-20H2,1H3/b29-26+. The Morgan fingerprint density at radius 2 is 1.50 bits per heavy atom. The first kappa shape index (κ1) is 21.6. The van der Waals surface area contributed by atoms with Crippen LogP contribution in [0, 0.1) is 5.92 Å². The summed E-state index contributed by atoms with van der Waals surface area (Å²) in [6, 6.07) is 30.0. The van der Waals surface area contributed by atoms with Gasteiger partial charge in [-0.1, -0.05) is 78.9 Å². The number of cyclic esters (lactones) is 1. The van der Waals surface area contributed by atoms with Gasteiger partial charge in [-0.05, 0) is 55.0 Å². The highest BCUT2D eigenvalue weighted by molar-refractivity contribution is 5.95. The molecule has 0 aromatic heterocycles. The molecule has 4 nitrogen and oxygen atoms in total. The van der Waals surface area contributed by atoms with Crippen molar-refractivity contribution < 1.29 is 14.3 Å². The maximum absolute atomic E-state index is 12.9. The number of aliphatic imine (C=N–C) groups is 1. The fraction of sp³-hybridized carbons (Fsp3) is 0.214. The number of rotatable bonds is 7. The molecule has 0 spiro atoms. The van der Waals surface area contributed by atoms with Gasteiger partial charge in [0.15, 0.2) is 0 Å². The summed E-state index contributed by atoms with van der Waals surface area (Å²) in [7, 11) is 0. The minimum Gasteiger partial charge on any atom is -0.477 e. The van der Waals surface area contributed by atoms with Crippen molar-refractivity contribution in [3.8, 4) is 0 Å². The number of hydrogen-bond acceptors (Lipinski definition) is 4. The summed E-state index contributed by atoms with van der Waals surface area (Å²) >= 11 is 0. The van der Waals surface area contributed by atoms with Gasteiger partial charge in [-0.2, -0.15) is 4.99 Å². The maximum Gasteiger partial charge on any atom is 0.316 e. The van der Waals surface area contributed by atoms with Crippen molar-refractivity contribution in [1.82, 2.24) is 0 Å². The van der Waals surface area contributed by atoms with Crippen LogP contribution < -0.4 is 0 Å². The Morgan fingerprint density at radius 3 is 2.12 bits per heavy atom. The van der Waals surface area contributed by atoms with Crippen molar-refractivity contribution in [3.63, 3.8) is 0 Å². The fourth-order valence-corrected chi connectivity index (χ4v) is 3.85. The first-order valence-corrected chi connectivity index (χ1v) is 11.0. The highest BCUT2D eigenvalue weighted by Crippen LogP contribution is 2.31. The molecule has 1 heterocycles. The average molecular weight is 426 g/mol. The lowest BCUT2D eigenvalue weighted by atomic mass is 9.88. The summed E-state index contributed by atoms with van der Waals surface area (Å²) in [5, 5.41) is 0. The molecule has 0 fully saturated rings. The molecule has 162 valence electrons. The molecular formula is C28H27NO3. The number of carbonyl (C=O) groups excluding carboxylic acids is 1. The molecule has 1 aliphatic heterocycles. The number of esters is 1. The van der Waals surface area contributed by atoms with Crippen molar-refractivity contribution in [3.05, 3.63) is 119 Å². The van der Waals surface area contributed by atoms with Crippen molar-refractivity contribution in [1.29, 1.82) is 0 Å². The van der Waals surface area contributed by atoms with Crippen LogP contribution in [0.4, 0.5) is 0 Å². The molecule has 0 saturated heterocycles. The van der Waals surface area contributed by atoms with E-state index in [2.05, 4.69) is 12.1 Å². The molecule has 4 rings (SSSR count). The van der Waals surface area contributed by atoms with Crippen LogP contribution >= 0.6 is 0 Å². The lowest BCUT2D eigenvalue weighted by Crippen LogP contribution is -2.26. The van der Waals surface area contributed by atoms with Gasteiger partial charge in [0.25, 0.3) is 0 Å². The Labute approximate surface area is 189 Å². The fourth-order valence-electron chi connectivity index (χ4n) is 3.85. The molecule has 1 aliphatic rings. The zero-order chi connectivity index (χ0) is 22.2. The van der Waals surface area contributed by atoms with Gasteiger partial charge in [0, 0.05) is 5.56 Å². The predicted octanol–water partition coefficient (Wildman–Crippen LogP) is 5.73. The van der Waals surface area contributed by atoms with Gasteiger partial charge >= 0.3 is 5.97 Å². The molecule has 0 bridgehead atoms. The first-order chi connectivity index (χ1) is 15.7. The van der Waals surface area contributed by atoms with E-state index in [4.69, 9.17) is 14.5 Å². The van der Waals surface area contributed by atoms with Gasteiger partial charge in [0.05, 0.1) is 12.5 Å². The van der Waals surface area contributed by atoms with Gasteiger partial charge in [-0.3, -0.25) is 4.79 Å². The molecule has 0 N–H and O–H groups in total. The van der Waals surface area contributed by atoms with Crippen molar-refractivity contribution >= 4 is 11.9 Å². The van der Waals surface area contributed by atoms with Crippen LogP contribution in [0.25, 0.3) is 0 Å². The molecule has 1 unspecified atom stereocenters. The lowest BCUT2D eigenvalue weighted by Gasteiger charge is -2.25. The van der Waals surface area contributed by atoms with E-state index in [1.54, 1.807) is 0 Å².